The normalized spacial score (nSPS) is 19.8. The highest BCUT2D eigenvalue weighted by atomic mass is 19.3. The molecule has 10 nitrogen and oxygen atoms in total. The number of aromatic nitrogens is 4. The molecule has 1 saturated heterocycles. The Morgan fingerprint density at radius 3 is 2.65 bits per heavy atom. The Balaban J connectivity index is 1.60. The lowest BCUT2D eigenvalue weighted by Gasteiger charge is -2.38. The van der Waals surface area contributed by atoms with Gasteiger partial charge < -0.3 is 10.1 Å². The smallest absolute Gasteiger partial charge is 0.296 e. The summed E-state index contributed by atoms with van der Waals surface area (Å²) in [5.74, 6) is -0.106. The van der Waals surface area contributed by atoms with Gasteiger partial charge in [-0.1, -0.05) is 12.1 Å². The minimum Gasteiger partial charge on any atom is -0.379 e. The van der Waals surface area contributed by atoms with Crippen molar-refractivity contribution in [3.05, 3.63) is 48.8 Å². The number of aliphatic imine (C=N–C) groups is 2. The molecule has 12 heteroatoms. The number of fused-ring (bicyclic) bond motifs is 1. The first-order valence-corrected chi connectivity index (χ1v) is 9.71. The average molecular weight is 427 g/mol. The third-order valence-corrected chi connectivity index (χ3v) is 4.89. The number of rotatable bonds is 4. The number of alkyl halides is 2. The van der Waals surface area contributed by atoms with Crippen LogP contribution in [0.2, 0.25) is 0 Å². The Kier molecular flexibility index (Phi) is 5.22. The van der Waals surface area contributed by atoms with Gasteiger partial charge in [-0.3, -0.25) is 4.57 Å². The van der Waals surface area contributed by atoms with Crippen molar-refractivity contribution in [2.24, 2.45) is 9.98 Å². The summed E-state index contributed by atoms with van der Waals surface area (Å²) in [6, 6.07) is 6.99. The van der Waals surface area contributed by atoms with Gasteiger partial charge in [-0.15, -0.1) is 0 Å². The minimum atomic E-state index is -2.78. The fourth-order valence-electron chi connectivity index (χ4n) is 3.50. The molecule has 1 N–H and O–H groups in total. The van der Waals surface area contributed by atoms with E-state index in [0.717, 1.165) is 0 Å². The quantitative estimate of drug-likeness (QED) is 0.680. The molecule has 4 heterocycles. The molecule has 1 fully saturated rings. The fraction of sp³-hybridized carbons (Fsp3) is 0.316. The second-order valence-electron chi connectivity index (χ2n) is 6.84. The van der Waals surface area contributed by atoms with Crippen LogP contribution in [0, 0.1) is 0 Å². The number of nitrogens with one attached hydrogen (secondary N) is 1. The summed E-state index contributed by atoms with van der Waals surface area (Å²) in [7, 11) is 0. The maximum absolute atomic E-state index is 14.0. The molecular formula is C19H19F2N9O. The van der Waals surface area contributed by atoms with Crippen LogP contribution in [0.15, 0.2) is 53.0 Å². The third-order valence-electron chi connectivity index (χ3n) is 4.89. The molecular weight excluding hydrogens is 408 g/mol. The molecule has 2 aliphatic rings. The molecule has 1 atom stereocenters. The first-order chi connectivity index (χ1) is 15.2. The van der Waals surface area contributed by atoms with Gasteiger partial charge in [-0.05, 0) is 12.1 Å². The number of hydrogen-bond acceptors (Lipinski definition) is 9. The topological polar surface area (TPSA) is 96.1 Å². The van der Waals surface area contributed by atoms with Crippen molar-refractivity contribution in [1.82, 2.24) is 29.5 Å². The predicted octanol–water partition coefficient (Wildman–Crippen LogP) is 1.95. The lowest BCUT2D eigenvalue weighted by Crippen LogP contribution is -2.54. The van der Waals surface area contributed by atoms with Gasteiger partial charge in [-0.2, -0.15) is 0 Å². The molecule has 0 bridgehead atoms. The predicted molar refractivity (Wildman–Crippen MR) is 110 cm³/mol. The Morgan fingerprint density at radius 1 is 1.10 bits per heavy atom. The third kappa shape index (κ3) is 3.82. The lowest BCUT2D eigenvalue weighted by molar-refractivity contribution is -0.0203. The second-order valence-corrected chi connectivity index (χ2v) is 6.84. The highest BCUT2D eigenvalue weighted by Crippen LogP contribution is 2.26. The number of ether oxygens (including phenoxy) is 1. The molecule has 31 heavy (non-hydrogen) atoms. The number of anilines is 1. The Morgan fingerprint density at radius 2 is 1.87 bits per heavy atom. The first kappa shape index (κ1) is 19.5. The van der Waals surface area contributed by atoms with Crippen molar-refractivity contribution in [1.29, 1.82) is 0 Å². The number of para-hydroxylation sites is 2. The number of halogens is 2. The van der Waals surface area contributed by atoms with E-state index < -0.39 is 12.7 Å². The van der Waals surface area contributed by atoms with Gasteiger partial charge in [0.1, 0.15) is 12.7 Å². The highest BCUT2D eigenvalue weighted by Gasteiger charge is 2.31. The van der Waals surface area contributed by atoms with E-state index in [0.29, 0.717) is 43.0 Å². The van der Waals surface area contributed by atoms with E-state index in [1.807, 2.05) is 5.01 Å². The minimum absolute atomic E-state index is 0.273. The number of hydrogen-bond donors (Lipinski definition) is 1. The zero-order valence-corrected chi connectivity index (χ0v) is 16.3. The van der Waals surface area contributed by atoms with Crippen molar-refractivity contribution in [2.45, 2.75) is 12.7 Å². The SMILES string of the molecule is FC(F)c1nc2ccccc2n1C1=NC(Nc2cncnc2)N=CN1N1CCOCC1. The summed E-state index contributed by atoms with van der Waals surface area (Å²) in [6.45, 7) is 2.19. The molecule has 3 aromatic rings. The van der Waals surface area contributed by atoms with Crippen molar-refractivity contribution >= 4 is 29.0 Å². The number of hydrazine groups is 1. The van der Waals surface area contributed by atoms with Crippen molar-refractivity contribution in [3.8, 4) is 0 Å². The van der Waals surface area contributed by atoms with Gasteiger partial charge in [0.05, 0.1) is 42.3 Å². The Hall–Kier alpha value is -3.51. The average Bonchev–Trinajstić information content (AvgIpc) is 3.20. The largest absolute Gasteiger partial charge is 0.379 e. The molecule has 0 spiro atoms. The van der Waals surface area contributed by atoms with Crippen LogP contribution in [0.5, 0.6) is 0 Å². The molecule has 0 aliphatic carbocycles. The highest BCUT2D eigenvalue weighted by molar-refractivity contribution is 5.99. The van der Waals surface area contributed by atoms with E-state index in [2.05, 4.69) is 30.3 Å². The van der Waals surface area contributed by atoms with Crippen LogP contribution in [0.1, 0.15) is 12.2 Å². The van der Waals surface area contributed by atoms with Gasteiger partial charge in [0.15, 0.2) is 5.82 Å². The molecule has 2 aromatic heterocycles. The number of benzene rings is 1. The first-order valence-electron chi connectivity index (χ1n) is 9.71. The number of morpholine rings is 1. The molecule has 0 radical (unpaired) electrons. The van der Waals surface area contributed by atoms with E-state index >= 15 is 0 Å². The number of nitrogens with zero attached hydrogens (tertiary/aromatic N) is 8. The monoisotopic (exact) mass is 427 g/mol. The molecule has 0 saturated carbocycles. The second kappa shape index (κ2) is 8.32. The molecule has 0 amide bonds. The zero-order valence-electron chi connectivity index (χ0n) is 16.3. The van der Waals surface area contributed by atoms with Crippen LogP contribution in [0.3, 0.4) is 0 Å². The molecule has 5 rings (SSSR count). The summed E-state index contributed by atoms with van der Waals surface area (Å²) < 4.78 is 34.8. The van der Waals surface area contributed by atoms with Crippen LogP contribution in [0.4, 0.5) is 14.5 Å². The molecule has 1 aromatic carbocycles. The maximum Gasteiger partial charge on any atom is 0.296 e. The fourth-order valence-corrected chi connectivity index (χ4v) is 3.50. The molecule has 2 aliphatic heterocycles. The van der Waals surface area contributed by atoms with Gasteiger partial charge >= 0.3 is 0 Å². The zero-order chi connectivity index (χ0) is 21.2. The van der Waals surface area contributed by atoms with Crippen molar-refractivity contribution in [3.63, 3.8) is 0 Å². The van der Waals surface area contributed by atoms with Crippen molar-refractivity contribution < 1.29 is 13.5 Å². The van der Waals surface area contributed by atoms with Gasteiger partial charge in [0.2, 0.25) is 12.2 Å². The van der Waals surface area contributed by atoms with E-state index in [-0.39, 0.29) is 11.8 Å². The standard InChI is InChI=1S/C19H19F2N9O/c20-16(21)17-26-14-3-1-2-4-15(14)30(17)19-27-18(25-13-9-22-11-23-10-13)24-12-29(19)28-5-7-31-8-6-28/h1-4,9-12,16,18,25H,5-8H2. The molecule has 160 valence electrons. The maximum atomic E-state index is 14.0. The summed E-state index contributed by atoms with van der Waals surface area (Å²) in [6.07, 6.45) is 2.64. The van der Waals surface area contributed by atoms with E-state index in [9.17, 15) is 8.78 Å². The van der Waals surface area contributed by atoms with E-state index in [1.54, 1.807) is 48.0 Å². The lowest BCUT2D eigenvalue weighted by atomic mass is 10.3. The van der Waals surface area contributed by atoms with Gasteiger partial charge in [-0.25, -0.2) is 43.7 Å². The van der Waals surface area contributed by atoms with Crippen LogP contribution >= 0.6 is 0 Å². The summed E-state index contributed by atoms with van der Waals surface area (Å²) in [5.41, 5.74) is 1.61. The Labute approximate surface area is 175 Å². The van der Waals surface area contributed by atoms with Gasteiger partial charge in [0.25, 0.3) is 6.43 Å². The van der Waals surface area contributed by atoms with Crippen LogP contribution in [0.25, 0.3) is 11.0 Å². The van der Waals surface area contributed by atoms with E-state index in [4.69, 9.17) is 4.74 Å². The Bertz CT molecular complexity index is 1110. The number of imidazole rings is 1. The summed E-state index contributed by atoms with van der Waals surface area (Å²) in [4.78, 5) is 21.2. The van der Waals surface area contributed by atoms with Crippen LogP contribution in [-0.2, 0) is 4.74 Å². The van der Waals surface area contributed by atoms with E-state index in [1.165, 1.54) is 10.9 Å². The van der Waals surface area contributed by atoms with Gasteiger partial charge in [0, 0.05) is 13.1 Å². The van der Waals surface area contributed by atoms with Crippen LogP contribution in [-0.4, -0.2) is 74.4 Å². The summed E-state index contributed by atoms with van der Waals surface area (Å²) >= 11 is 0. The summed E-state index contributed by atoms with van der Waals surface area (Å²) in [5, 5.41) is 6.73. The molecule has 1 unspecified atom stereocenters. The van der Waals surface area contributed by atoms with Crippen molar-refractivity contribution in [2.75, 3.05) is 31.6 Å². The van der Waals surface area contributed by atoms with Crippen LogP contribution < -0.4 is 5.32 Å².